The fourth-order valence-electron chi connectivity index (χ4n) is 1.99. The molecule has 2 aromatic rings. The van der Waals surface area contributed by atoms with Crippen molar-refractivity contribution in [1.82, 2.24) is 15.0 Å². The van der Waals surface area contributed by atoms with Crippen LogP contribution in [-0.4, -0.2) is 21.3 Å². The topological polar surface area (TPSA) is 47.8 Å². The lowest BCUT2D eigenvalue weighted by Gasteiger charge is -2.11. The molecule has 0 aliphatic rings. The Kier molecular flexibility index (Phi) is 4.11. The van der Waals surface area contributed by atoms with Crippen molar-refractivity contribution in [2.45, 2.75) is 32.5 Å². The molecule has 0 spiro atoms. The Bertz CT molecular complexity index is 630. The first-order valence-corrected chi connectivity index (χ1v) is 6.37. The van der Waals surface area contributed by atoms with Crippen LogP contribution in [0.25, 0.3) is 0 Å². The van der Waals surface area contributed by atoms with E-state index in [4.69, 9.17) is 0 Å². The summed E-state index contributed by atoms with van der Waals surface area (Å²) < 4.78 is 39.5. The van der Waals surface area contributed by atoms with Gasteiger partial charge in [0.2, 0.25) is 0 Å². The number of aldehydes is 1. The lowest BCUT2D eigenvalue weighted by molar-refractivity contribution is -0.144. The molecule has 1 heterocycles. The number of aromatic nitrogens is 3. The van der Waals surface area contributed by atoms with Gasteiger partial charge < -0.3 is 0 Å². The zero-order chi connectivity index (χ0) is 15.6. The zero-order valence-electron chi connectivity index (χ0n) is 11.6. The molecule has 0 saturated heterocycles. The summed E-state index contributed by atoms with van der Waals surface area (Å²) >= 11 is 0. The summed E-state index contributed by atoms with van der Waals surface area (Å²) in [6.07, 6.45) is -4.61. The average molecular weight is 297 g/mol. The SMILES string of the molecule is CC(C)c1ccc(Cn2nnc(C=O)c2C(F)(F)F)cc1. The minimum Gasteiger partial charge on any atom is -0.296 e. The van der Waals surface area contributed by atoms with E-state index in [1.165, 1.54) is 0 Å². The minimum atomic E-state index is -4.67. The molecule has 4 nitrogen and oxygen atoms in total. The van der Waals surface area contributed by atoms with Crippen LogP contribution in [0.2, 0.25) is 0 Å². The van der Waals surface area contributed by atoms with Crippen LogP contribution < -0.4 is 0 Å². The highest BCUT2D eigenvalue weighted by Gasteiger charge is 2.39. The molecule has 0 aliphatic carbocycles. The number of nitrogens with zero attached hydrogens (tertiary/aromatic N) is 3. The Balaban J connectivity index is 2.31. The molecule has 0 fully saturated rings. The van der Waals surface area contributed by atoms with Crippen LogP contribution in [0.4, 0.5) is 13.2 Å². The van der Waals surface area contributed by atoms with Gasteiger partial charge in [0.25, 0.3) is 0 Å². The first-order chi connectivity index (χ1) is 9.82. The Hall–Kier alpha value is -2.18. The lowest BCUT2D eigenvalue weighted by atomic mass is 10.0. The van der Waals surface area contributed by atoms with Crippen LogP contribution >= 0.6 is 0 Å². The van der Waals surface area contributed by atoms with E-state index in [2.05, 4.69) is 10.3 Å². The van der Waals surface area contributed by atoms with Gasteiger partial charge in [0.1, 0.15) is 0 Å². The predicted molar refractivity (Wildman–Crippen MR) is 70.0 cm³/mol. The monoisotopic (exact) mass is 297 g/mol. The van der Waals surface area contributed by atoms with Gasteiger partial charge in [-0.2, -0.15) is 13.2 Å². The number of carbonyl (C=O) groups excluding carboxylic acids is 1. The van der Waals surface area contributed by atoms with Gasteiger partial charge in [0, 0.05) is 0 Å². The normalized spacial score (nSPS) is 11.9. The molecule has 0 bridgehead atoms. The number of alkyl halides is 3. The Morgan fingerprint density at radius 2 is 1.86 bits per heavy atom. The van der Waals surface area contributed by atoms with E-state index in [1.54, 1.807) is 12.1 Å². The van der Waals surface area contributed by atoms with E-state index in [0.29, 0.717) is 16.2 Å². The summed E-state index contributed by atoms with van der Waals surface area (Å²) in [7, 11) is 0. The van der Waals surface area contributed by atoms with Crippen LogP contribution in [0.3, 0.4) is 0 Å². The highest BCUT2D eigenvalue weighted by atomic mass is 19.4. The molecular weight excluding hydrogens is 283 g/mol. The highest BCUT2D eigenvalue weighted by Crippen LogP contribution is 2.30. The van der Waals surface area contributed by atoms with Gasteiger partial charge in [-0.1, -0.05) is 43.3 Å². The van der Waals surface area contributed by atoms with Crippen LogP contribution in [0.1, 0.15) is 47.1 Å². The molecule has 0 unspecified atom stereocenters. The van der Waals surface area contributed by atoms with Gasteiger partial charge in [-0.25, -0.2) is 4.68 Å². The Labute approximate surface area is 119 Å². The highest BCUT2D eigenvalue weighted by molar-refractivity contribution is 5.73. The van der Waals surface area contributed by atoms with Crippen molar-refractivity contribution in [2.24, 2.45) is 0 Å². The number of benzene rings is 1. The Morgan fingerprint density at radius 1 is 1.24 bits per heavy atom. The summed E-state index contributed by atoms with van der Waals surface area (Å²) in [5, 5.41) is 6.69. The fourth-order valence-corrected chi connectivity index (χ4v) is 1.99. The van der Waals surface area contributed by atoms with Crippen molar-refractivity contribution in [1.29, 1.82) is 0 Å². The van der Waals surface area contributed by atoms with E-state index in [0.717, 1.165) is 5.56 Å². The summed E-state index contributed by atoms with van der Waals surface area (Å²) in [5.41, 5.74) is -0.0547. The second-order valence-electron chi connectivity index (χ2n) is 4.99. The molecule has 0 aliphatic heterocycles. The second-order valence-corrected chi connectivity index (χ2v) is 4.99. The average Bonchev–Trinajstić information content (AvgIpc) is 2.82. The molecule has 0 saturated carbocycles. The predicted octanol–water partition coefficient (Wildman–Crippen LogP) is 3.28. The van der Waals surface area contributed by atoms with Gasteiger partial charge in [-0.05, 0) is 17.0 Å². The third-order valence-corrected chi connectivity index (χ3v) is 3.12. The number of hydrogen-bond acceptors (Lipinski definition) is 3. The number of rotatable bonds is 4. The third kappa shape index (κ3) is 3.29. The Morgan fingerprint density at radius 3 is 2.33 bits per heavy atom. The van der Waals surface area contributed by atoms with E-state index in [9.17, 15) is 18.0 Å². The number of halogens is 3. The van der Waals surface area contributed by atoms with Crippen molar-refractivity contribution >= 4 is 6.29 Å². The van der Waals surface area contributed by atoms with Crippen LogP contribution in [0, 0.1) is 0 Å². The molecule has 0 atom stereocenters. The smallest absolute Gasteiger partial charge is 0.296 e. The lowest BCUT2D eigenvalue weighted by Crippen LogP contribution is -2.17. The molecule has 7 heteroatoms. The quantitative estimate of drug-likeness (QED) is 0.814. The van der Waals surface area contributed by atoms with Gasteiger partial charge in [0.05, 0.1) is 6.54 Å². The largest absolute Gasteiger partial charge is 0.435 e. The summed E-state index contributed by atoms with van der Waals surface area (Å²) in [6.45, 7) is 3.98. The standard InChI is InChI=1S/C14H14F3N3O/c1-9(2)11-5-3-10(4-6-11)7-20-13(14(15,16)17)12(8-21)18-19-20/h3-6,8-9H,7H2,1-2H3. The molecule has 0 radical (unpaired) electrons. The maximum absolute atomic E-state index is 12.9. The number of hydrogen-bond donors (Lipinski definition) is 0. The van der Waals surface area contributed by atoms with Crippen LogP contribution in [0.5, 0.6) is 0 Å². The van der Waals surface area contributed by atoms with Gasteiger partial charge in [-0.3, -0.25) is 4.79 Å². The molecule has 2 rings (SSSR count). The van der Waals surface area contributed by atoms with Gasteiger partial charge in [-0.15, -0.1) is 5.10 Å². The first kappa shape index (κ1) is 15.2. The van der Waals surface area contributed by atoms with Crippen molar-refractivity contribution in [3.63, 3.8) is 0 Å². The summed E-state index contributed by atoms with van der Waals surface area (Å²) in [4.78, 5) is 10.6. The van der Waals surface area contributed by atoms with Crippen molar-refractivity contribution in [3.8, 4) is 0 Å². The van der Waals surface area contributed by atoms with E-state index >= 15 is 0 Å². The van der Waals surface area contributed by atoms with Crippen molar-refractivity contribution in [3.05, 3.63) is 46.8 Å². The van der Waals surface area contributed by atoms with Gasteiger partial charge in [0.15, 0.2) is 17.7 Å². The van der Waals surface area contributed by atoms with Crippen LogP contribution in [-0.2, 0) is 12.7 Å². The van der Waals surface area contributed by atoms with E-state index < -0.39 is 17.6 Å². The molecule has 1 aromatic heterocycles. The van der Waals surface area contributed by atoms with Crippen molar-refractivity contribution < 1.29 is 18.0 Å². The molecule has 0 N–H and O–H groups in total. The maximum Gasteiger partial charge on any atom is 0.435 e. The maximum atomic E-state index is 12.9. The third-order valence-electron chi connectivity index (χ3n) is 3.12. The summed E-state index contributed by atoms with van der Waals surface area (Å²) in [6, 6.07) is 7.23. The van der Waals surface area contributed by atoms with Crippen molar-refractivity contribution in [2.75, 3.05) is 0 Å². The first-order valence-electron chi connectivity index (χ1n) is 6.37. The molecule has 112 valence electrons. The molecule has 0 amide bonds. The molecular formula is C14H14F3N3O. The van der Waals surface area contributed by atoms with Crippen LogP contribution in [0.15, 0.2) is 24.3 Å². The number of carbonyl (C=O) groups is 1. The second kappa shape index (κ2) is 5.67. The zero-order valence-corrected chi connectivity index (χ0v) is 11.6. The molecule has 1 aromatic carbocycles. The summed E-state index contributed by atoms with van der Waals surface area (Å²) in [5.74, 6) is 0.345. The van der Waals surface area contributed by atoms with E-state index in [-0.39, 0.29) is 12.8 Å². The van der Waals surface area contributed by atoms with Gasteiger partial charge >= 0.3 is 6.18 Å². The fraction of sp³-hybridized carbons (Fsp3) is 0.357. The van der Waals surface area contributed by atoms with E-state index in [1.807, 2.05) is 26.0 Å². The minimum absolute atomic E-state index is 0.0637. The molecule has 21 heavy (non-hydrogen) atoms.